The van der Waals surface area contributed by atoms with Gasteiger partial charge in [-0.2, -0.15) is 9.83 Å². The molecule has 0 radical (unpaired) electrons. The number of aliphatic hydroxyl groups is 1. The van der Waals surface area contributed by atoms with Crippen molar-refractivity contribution in [3.05, 3.63) is 53.1 Å². The van der Waals surface area contributed by atoms with E-state index in [0.29, 0.717) is 34.4 Å². The van der Waals surface area contributed by atoms with Gasteiger partial charge in [0, 0.05) is 36.7 Å². The molecule has 0 saturated heterocycles. The van der Waals surface area contributed by atoms with Crippen LogP contribution in [0.5, 0.6) is 5.75 Å². The maximum absolute atomic E-state index is 12.8. The summed E-state index contributed by atoms with van der Waals surface area (Å²) in [6, 6.07) is 8.76. The van der Waals surface area contributed by atoms with Crippen molar-refractivity contribution in [3.8, 4) is 5.75 Å². The fourth-order valence-corrected chi connectivity index (χ4v) is 4.99. The molecule has 174 valence electrons. The largest absolute Gasteiger partial charge is 0.618 e. The molecule has 2 N–H and O–H groups in total. The van der Waals surface area contributed by atoms with Gasteiger partial charge in [0.05, 0.1) is 29.5 Å². The lowest BCUT2D eigenvalue weighted by atomic mass is 9.79. The van der Waals surface area contributed by atoms with Crippen molar-refractivity contribution in [2.45, 2.75) is 64.0 Å². The number of carbonyl (C=O) groups is 1. The van der Waals surface area contributed by atoms with Crippen LogP contribution in [-0.4, -0.2) is 33.0 Å². The Morgan fingerprint density at radius 2 is 2.06 bits per heavy atom. The summed E-state index contributed by atoms with van der Waals surface area (Å²) < 4.78 is 8.38. The number of nitrogens with zero attached hydrogens (tertiary/aromatic N) is 3. The topological polar surface area (TPSA) is 103 Å². The zero-order chi connectivity index (χ0) is 23.2. The molecule has 0 unspecified atom stereocenters. The van der Waals surface area contributed by atoms with Gasteiger partial charge in [-0.05, 0) is 63.5 Å². The van der Waals surface area contributed by atoms with Crippen molar-refractivity contribution in [2.75, 3.05) is 11.9 Å². The van der Waals surface area contributed by atoms with Crippen LogP contribution in [0.25, 0.3) is 10.9 Å². The lowest BCUT2D eigenvalue weighted by Gasteiger charge is -2.36. The highest BCUT2D eigenvalue weighted by Gasteiger charge is 2.45. The van der Waals surface area contributed by atoms with Crippen LogP contribution >= 0.6 is 0 Å². The van der Waals surface area contributed by atoms with Gasteiger partial charge in [-0.1, -0.05) is 0 Å². The smallest absolute Gasteiger partial charge is 0.321 e. The third kappa shape index (κ3) is 4.15. The van der Waals surface area contributed by atoms with Crippen molar-refractivity contribution < 1.29 is 19.4 Å². The molecule has 2 saturated carbocycles. The Labute approximate surface area is 192 Å². The van der Waals surface area contributed by atoms with Gasteiger partial charge in [-0.3, -0.25) is 9.48 Å². The summed E-state index contributed by atoms with van der Waals surface area (Å²) in [5.74, 6) is 0.504. The van der Waals surface area contributed by atoms with Crippen molar-refractivity contribution in [1.29, 1.82) is 0 Å². The number of hydrogen-bond donors (Lipinski definition) is 2. The molecule has 0 aliphatic heterocycles. The van der Waals surface area contributed by atoms with Gasteiger partial charge in [0.1, 0.15) is 5.75 Å². The van der Waals surface area contributed by atoms with E-state index in [1.807, 2.05) is 29.9 Å². The standard InChI is InChI=1S/C25H30N4O4/c1-3-33-23-14-20-17(13-21(23)26-24(30)22-6-4-5-16(2)29(22)32)15-28(27-20)19-9-11-25(31,12-10-19)18-7-8-18/h4-6,13-15,18-19,31H,3,7-12H2,1-2H3,(H,26,30). The van der Waals surface area contributed by atoms with Crippen LogP contribution in [0, 0.1) is 18.0 Å². The maximum Gasteiger partial charge on any atom is 0.321 e. The van der Waals surface area contributed by atoms with E-state index in [1.165, 1.54) is 6.07 Å². The SMILES string of the molecule is CCOc1cc2nn(C3CCC(O)(C4CC4)CC3)cc2cc1NC(=O)c1cccc(C)[n+]1[O-]. The number of carbonyl (C=O) groups excluding carboxylic acids is 1. The first-order valence-corrected chi connectivity index (χ1v) is 11.8. The van der Waals surface area contributed by atoms with Gasteiger partial charge in [-0.15, -0.1) is 0 Å². The first-order chi connectivity index (χ1) is 15.9. The summed E-state index contributed by atoms with van der Waals surface area (Å²) in [6.07, 6.45) is 7.73. The molecule has 0 spiro atoms. The van der Waals surface area contributed by atoms with Crippen LogP contribution in [-0.2, 0) is 0 Å². The van der Waals surface area contributed by atoms with E-state index in [0.717, 1.165) is 49.4 Å². The summed E-state index contributed by atoms with van der Waals surface area (Å²) >= 11 is 0. The molecule has 2 aliphatic carbocycles. The van der Waals surface area contributed by atoms with E-state index in [-0.39, 0.29) is 11.7 Å². The molecule has 5 rings (SSSR count). The highest BCUT2D eigenvalue weighted by molar-refractivity contribution is 6.04. The Balaban J connectivity index is 1.40. The molecule has 1 amide bonds. The average molecular weight is 451 g/mol. The van der Waals surface area contributed by atoms with Gasteiger partial charge >= 0.3 is 5.91 Å². The summed E-state index contributed by atoms with van der Waals surface area (Å²) in [6.45, 7) is 3.97. The van der Waals surface area contributed by atoms with E-state index in [4.69, 9.17) is 9.84 Å². The third-order valence-corrected chi connectivity index (χ3v) is 7.07. The molecular formula is C25H30N4O4. The Bertz CT molecular complexity index is 1190. The first-order valence-electron chi connectivity index (χ1n) is 11.8. The number of ether oxygens (including phenoxy) is 1. The molecule has 2 aliphatic rings. The van der Waals surface area contributed by atoms with Crippen molar-refractivity contribution >= 4 is 22.5 Å². The van der Waals surface area contributed by atoms with Gasteiger partial charge < -0.3 is 20.4 Å². The van der Waals surface area contributed by atoms with Crippen molar-refractivity contribution in [3.63, 3.8) is 0 Å². The molecule has 8 heteroatoms. The fraction of sp³-hybridized carbons (Fsp3) is 0.480. The number of amides is 1. The van der Waals surface area contributed by atoms with Gasteiger partial charge in [0.2, 0.25) is 0 Å². The second-order valence-electron chi connectivity index (χ2n) is 9.36. The molecule has 2 fully saturated rings. The molecule has 2 aromatic heterocycles. The Kier molecular flexibility index (Phi) is 5.48. The number of fused-ring (bicyclic) bond motifs is 1. The van der Waals surface area contributed by atoms with Crippen molar-refractivity contribution in [2.24, 2.45) is 5.92 Å². The van der Waals surface area contributed by atoms with E-state index in [9.17, 15) is 15.1 Å². The second kappa shape index (κ2) is 8.33. The normalized spacial score (nSPS) is 22.9. The van der Waals surface area contributed by atoms with Crippen LogP contribution in [0.4, 0.5) is 5.69 Å². The molecule has 3 aromatic rings. The van der Waals surface area contributed by atoms with E-state index in [2.05, 4.69) is 5.32 Å². The fourth-order valence-electron chi connectivity index (χ4n) is 4.99. The average Bonchev–Trinajstić information content (AvgIpc) is 3.58. The number of anilines is 1. The van der Waals surface area contributed by atoms with E-state index >= 15 is 0 Å². The Hall–Kier alpha value is -3.13. The minimum Gasteiger partial charge on any atom is -0.618 e. The van der Waals surface area contributed by atoms with E-state index < -0.39 is 11.5 Å². The van der Waals surface area contributed by atoms with Gasteiger partial charge in [-0.25, -0.2) is 0 Å². The number of hydrogen-bond acceptors (Lipinski definition) is 5. The summed E-state index contributed by atoms with van der Waals surface area (Å²) in [5.41, 5.74) is 1.27. The predicted molar refractivity (Wildman–Crippen MR) is 124 cm³/mol. The number of benzene rings is 1. The van der Waals surface area contributed by atoms with Crippen LogP contribution in [0.15, 0.2) is 36.5 Å². The number of nitrogens with one attached hydrogen (secondary N) is 1. The number of rotatable bonds is 6. The van der Waals surface area contributed by atoms with Crippen LogP contribution in [0.2, 0.25) is 0 Å². The molecule has 0 atom stereocenters. The van der Waals surface area contributed by atoms with Crippen LogP contribution in [0.3, 0.4) is 0 Å². The second-order valence-corrected chi connectivity index (χ2v) is 9.36. The molecule has 2 heterocycles. The van der Waals surface area contributed by atoms with Crippen LogP contribution < -0.4 is 14.8 Å². The Morgan fingerprint density at radius 1 is 1.30 bits per heavy atom. The lowest BCUT2D eigenvalue weighted by Crippen LogP contribution is -2.39. The number of pyridine rings is 1. The third-order valence-electron chi connectivity index (χ3n) is 7.07. The number of aromatic nitrogens is 3. The monoisotopic (exact) mass is 450 g/mol. The summed E-state index contributed by atoms with van der Waals surface area (Å²) in [4.78, 5) is 12.8. The number of aryl methyl sites for hydroxylation is 1. The minimum atomic E-state index is -0.493. The van der Waals surface area contributed by atoms with Gasteiger partial charge in [0.25, 0.3) is 5.69 Å². The molecule has 33 heavy (non-hydrogen) atoms. The predicted octanol–water partition coefficient (Wildman–Crippen LogP) is 3.89. The lowest BCUT2D eigenvalue weighted by molar-refractivity contribution is -0.614. The maximum atomic E-state index is 12.8. The molecule has 0 bridgehead atoms. The molecule has 8 nitrogen and oxygen atoms in total. The zero-order valence-electron chi connectivity index (χ0n) is 19.1. The van der Waals surface area contributed by atoms with Crippen molar-refractivity contribution in [1.82, 2.24) is 9.78 Å². The Morgan fingerprint density at radius 3 is 2.76 bits per heavy atom. The minimum absolute atomic E-state index is 0.0265. The highest BCUT2D eigenvalue weighted by atomic mass is 16.5. The van der Waals surface area contributed by atoms with Gasteiger partial charge in [0.15, 0.2) is 5.69 Å². The summed E-state index contributed by atoms with van der Waals surface area (Å²) in [7, 11) is 0. The highest BCUT2D eigenvalue weighted by Crippen LogP contribution is 2.49. The quantitative estimate of drug-likeness (QED) is 0.438. The molecular weight excluding hydrogens is 420 g/mol. The van der Waals surface area contributed by atoms with Crippen LogP contribution in [0.1, 0.15) is 67.7 Å². The summed E-state index contributed by atoms with van der Waals surface area (Å²) in [5, 5.41) is 31.6. The first kappa shape index (κ1) is 21.7. The zero-order valence-corrected chi connectivity index (χ0v) is 19.1. The van der Waals surface area contributed by atoms with E-state index in [1.54, 1.807) is 19.1 Å². The molecule has 1 aromatic carbocycles.